The Kier molecular flexibility index (Phi) is 7.74. The molecule has 2 aromatic carbocycles. The Morgan fingerprint density at radius 1 is 0.868 bits per heavy atom. The van der Waals surface area contributed by atoms with Crippen molar-refractivity contribution in [2.75, 3.05) is 44.2 Å². The average molecular weight is 519 g/mol. The minimum Gasteiger partial charge on any atom is -0.494 e. The van der Waals surface area contributed by atoms with Crippen LogP contribution < -0.4 is 15.0 Å². The fourth-order valence-corrected chi connectivity index (χ4v) is 5.32. The van der Waals surface area contributed by atoms with Gasteiger partial charge in [0.25, 0.3) is 11.8 Å². The normalized spacial score (nSPS) is 20.1. The predicted octanol–water partition coefficient (Wildman–Crippen LogP) is 2.77. The molecule has 3 aliphatic heterocycles. The van der Waals surface area contributed by atoms with Crippen LogP contribution in [0.1, 0.15) is 58.4 Å². The maximum Gasteiger partial charge on any atom is 0.262 e. The highest BCUT2D eigenvalue weighted by molar-refractivity contribution is 6.23. The van der Waals surface area contributed by atoms with Gasteiger partial charge in [0.15, 0.2) is 0 Å². The highest BCUT2D eigenvalue weighted by atomic mass is 16.5. The van der Waals surface area contributed by atoms with Gasteiger partial charge in [0.1, 0.15) is 11.8 Å². The van der Waals surface area contributed by atoms with Crippen molar-refractivity contribution in [1.82, 2.24) is 15.1 Å². The Morgan fingerprint density at radius 3 is 2.34 bits per heavy atom. The van der Waals surface area contributed by atoms with Gasteiger partial charge in [0.2, 0.25) is 11.8 Å². The van der Waals surface area contributed by atoms with E-state index in [0.717, 1.165) is 74.9 Å². The van der Waals surface area contributed by atoms with Crippen LogP contribution >= 0.6 is 0 Å². The van der Waals surface area contributed by atoms with Gasteiger partial charge < -0.3 is 9.64 Å². The number of imide groups is 2. The van der Waals surface area contributed by atoms with E-state index in [1.165, 1.54) is 5.56 Å². The number of rotatable bonds is 9. The Morgan fingerprint density at radius 2 is 1.61 bits per heavy atom. The van der Waals surface area contributed by atoms with Crippen LogP contribution in [0.15, 0.2) is 42.5 Å². The minimum absolute atomic E-state index is 0.112. The number of hydrogen-bond acceptors (Lipinski definition) is 7. The average Bonchev–Trinajstić information content (AvgIpc) is 3.16. The molecular weight excluding hydrogens is 484 g/mol. The lowest BCUT2D eigenvalue weighted by atomic mass is 10.0. The molecule has 1 unspecified atom stereocenters. The molecule has 9 heteroatoms. The molecule has 3 aliphatic rings. The first-order chi connectivity index (χ1) is 18.4. The third-order valence-electron chi connectivity index (χ3n) is 7.57. The van der Waals surface area contributed by atoms with Crippen molar-refractivity contribution in [1.29, 1.82) is 0 Å². The highest BCUT2D eigenvalue weighted by Gasteiger charge is 2.44. The van der Waals surface area contributed by atoms with Crippen LogP contribution in [0, 0.1) is 6.92 Å². The van der Waals surface area contributed by atoms with E-state index in [-0.39, 0.29) is 18.7 Å². The molecule has 4 amide bonds. The van der Waals surface area contributed by atoms with E-state index in [0.29, 0.717) is 11.1 Å². The molecular formula is C29H34N4O5. The maximum atomic E-state index is 13.1. The number of fused-ring (bicyclic) bond motifs is 1. The van der Waals surface area contributed by atoms with E-state index in [9.17, 15) is 19.2 Å². The van der Waals surface area contributed by atoms with Gasteiger partial charge in [-0.15, -0.1) is 0 Å². The van der Waals surface area contributed by atoms with Gasteiger partial charge in [0, 0.05) is 38.3 Å². The molecule has 0 aromatic heterocycles. The third kappa shape index (κ3) is 5.57. The lowest BCUT2D eigenvalue weighted by molar-refractivity contribution is -0.136. The summed E-state index contributed by atoms with van der Waals surface area (Å²) in [6.07, 6.45) is 3.55. The van der Waals surface area contributed by atoms with E-state index >= 15 is 0 Å². The van der Waals surface area contributed by atoms with Crippen LogP contribution in [0.5, 0.6) is 5.75 Å². The second kappa shape index (κ2) is 11.3. The number of benzene rings is 2. The molecule has 2 saturated heterocycles. The van der Waals surface area contributed by atoms with E-state index in [4.69, 9.17) is 4.74 Å². The van der Waals surface area contributed by atoms with E-state index in [1.54, 1.807) is 12.1 Å². The Balaban J connectivity index is 1.07. The molecule has 0 bridgehead atoms. The molecule has 9 nitrogen and oxygen atoms in total. The second-order valence-electron chi connectivity index (χ2n) is 10.2. The number of ether oxygens (including phenoxy) is 1. The monoisotopic (exact) mass is 518 g/mol. The van der Waals surface area contributed by atoms with Crippen LogP contribution in [0.4, 0.5) is 5.69 Å². The smallest absolute Gasteiger partial charge is 0.262 e. The first-order valence-electron chi connectivity index (χ1n) is 13.4. The predicted molar refractivity (Wildman–Crippen MR) is 142 cm³/mol. The quantitative estimate of drug-likeness (QED) is 0.403. The zero-order valence-electron chi connectivity index (χ0n) is 21.8. The largest absolute Gasteiger partial charge is 0.494 e. The number of hydrogen-bond donors (Lipinski definition) is 1. The molecule has 200 valence electrons. The van der Waals surface area contributed by atoms with Crippen molar-refractivity contribution in [3.05, 3.63) is 59.2 Å². The number of piperazine rings is 1. The van der Waals surface area contributed by atoms with Crippen LogP contribution in [0.25, 0.3) is 0 Å². The number of nitrogens with one attached hydrogen (secondary N) is 1. The Bertz CT molecular complexity index is 1220. The summed E-state index contributed by atoms with van der Waals surface area (Å²) < 4.78 is 5.81. The summed E-state index contributed by atoms with van der Waals surface area (Å²) >= 11 is 0. The molecule has 3 heterocycles. The molecule has 2 aromatic rings. The standard InChI is InChI=1S/C29H34N4O5/c1-20-5-8-22(9-6-20)38-18-4-2-3-13-31-14-16-32(17-15-31)21-7-10-23-24(19-21)29(37)33(28(23)36)25-11-12-26(34)30-27(25)35/h5-10,19,25H,2-4,11-18H2,1H3,(H,30,34,35). The Labute approximate surface area is 222 Å². The number of piperidine rings is 1. The van der Waals surface area contributed by atoms with Crippen LogP contribution in [-0.4, -0.2) is 78.8 Å². The molecule has 0 saturated carbocycles. The van der Waals surface area contributed by atoms with Gasteiger partial charge in [0.05, 0.1) is 17.7 Å². The van der Waals surface area contributed by atoms with Gasteiger partial charge in [-0.3, -0.25) is 34.3 Å². The molecule has 0 radical (unpaired) electrons. The van der Waals surface area contributed by atoms with Crippen molar-refractivity contribution in [2.24, 2.45) is 0 Å². The molecule has 38 heavy (non-hydrogen) atoms. The highest BCUT2D eigenvalue weighted by Crippen LogP contribution is 2.31. The summed E-state index contributed by atoms with van der Waals surface area (Å²) in [6.45, 7) is 7.41. The number of amides is 4. The minimum atomic E-state index is -0.943. The number of anilines is 1. The number of carbonyl (C=O) groups excluding carboxylic acids is 4. The van der Waals surface area contributed by atoms with Gasteiger partial charge >= 0.3 is 0 Å². The van der Waals surface area contributed by atoms with E-state index in [2.05, 4.69) is 34.2 Å². The fraction of sp³-hybridized carbons (Fsp3) is 0.448. The SMILES string of the molecule is Cc1ccc(OCCCCCN2CCN(c3ccc4c(c3)C(=O)N(C3CCC(=O)NC3=O)C4=O)CC2)cc1. The third-order valence-corrected chi connectivity index (χ3v) is 7.57. The molecule has 5 rings (SSSR count). The topological polar surface area (TPSA) is 99.3 Å². The summed E-state index contributed by atoms with van der Waals surface area (Å²) in [5.41, 5.74) is 2.78. The number of aryl methyl sites for hydroxylation is 1. The zero-order valence-corrected chi connectivity index (χ0v) is 21.8. The van der Waals surface area contributed by atoms with Crippen LogP contribution in [-0.2, 0) is 9.59 Å². The molecule has 2 fully saturated rings. The maximum absolute atomic E-state index is 13.1. The van der Waals surface area contributed by atoms with Crippen molar-refractivity contribution in [3.63, 3.8) is 0 Å². The summed E-state index contributed by atoms with van der Waals surface area (Å²) in [7, 11) is 0. The molecule has 1 atom stereocenters. The van der Waals surface area contributed by atoms with Gasteiger partial charge in [-0.25, -0.2) is 0 Å². The molecule has 0 aliphatic carbocycles. The number of carbonyl (C=O) groups is 4. The first-order valence-corrected chi connectivity index (χ1v) is 13.4. The Hall–Kier alpha value is -3.72. The molecule has 1 N–H and O–H groups in total. The lowest BCUT2D eigenvalue weighted by Crippen LogP contribution is -2.54. The second-order valence-corrected chi connectivity index (χ2v) is 10.2. The summed E-state index contributed by atoms with van der Waals surface area (Å²) in [6, 6.07) is 12.5. The van der Waals surface area contributed by atoms with Crippen LogP contribution in [0.3, 0.4) is 0 Å². The fourth-order valence-electron chi connectivity index (χ4n) is 5.32. The summed E-state index contributed by atoms with van der Waals surface area (Å²) in [5.74, 6) is -0.984. The first kappa shape index (κ1) is 25.9. The van der Waals surface area contributed by atoms with E-state index < -0.39 is 23.8 Å². The van der Waals surface area contributed by atoms with Crippen molar-refractivity contribution in [3.8, 4) is 5.75 Å². The van der Waals surface area contributed by atoms with Gasteiger partial charge in [-0.05, 0) is 69.5 Å². The van der Waals surface area contributed by atoms with Crippen molar-refractivity contribution < 1.29 is 23.9 Å². The number of unbranched alkanes of at least 4 members (excludes halogenated alkanes) is 2. The van der Waals surface area contributed by atoms with E-state index in [1.807, 2.05) is 18.2 Å². The lowest BCUT2D eigenvalue weighted by Gasteiger charge is -2.36. The van der Waals surface area contributed by atoms with Gasteiger partial charge in [-0.2, -0.15) is 0 Å². The van der Waals surface area contributed by atoms with Gasteiger partial charge in [-0.1, -0.05) is 17.7 Å². The molecule has 0 spiro atoms. The summed E-state index contributed by atoms with van der Waals surface area (Å²) in [4.78, 5) is 55.5. The zero-order chi connectivity index (χ0) is 26.6. The van der Waals surface area contributed by atoms with Crippen LogP contribution in [0.2, 0.25) is 0 Å². The number of nitrogens with zero attached hydrogens (tertiary/aromatic N) is 3. The van der Waals surface area contributed by atoms with Crippen molar-refractivity contribution in [2.45, 2.75) is 45.1 Å². The van der Waals surface area contributed by atoms with Crippen molar-refractivity contribution >= 4 is 29.3 Å². The summed E-state index contributed by atoms with van der Waals surface area (Å²) in [5, 5.41) is 2.23.